The lowest BCUT2D eigenvalue weighted by Gasteiger charge is -2.31. The zero-order valence-corrected chi connectivity index (χ0v) is 11.2. The molecule has 2 rings (SSSR count). The maximum Gasteiger partial charge on any atom is 0.300 e. The Labute approximate surface area is 115 Å². The van der Waals surface area contributed by atoms with Gasteiger partial charge in [-0.3, -0.25) is 14.9 Å². The first kappa shape index (κ1) is 13.7. The molecule has 1 saturated carbocycles. The normalized spacial score (nSPS) is 16.5. The summed E-state index contributed by atoms with van der Waals surface area (Å²) in [5.41, 5.74) is -0.376. The number of nitrogens with zero attached hydrogens (tertiary/aromatic N) is 2. The van der Waals surface area contributed by atoms with Gasteiger partial charge in [0.05, 0.1) is 4.92 Å². The number of hydrogen-bond donors (Lipinski definition) is 1. The molecule has 1 unspecified atom stereocenters. The van der Waals surface area contributed by atoms with Gasteiger partial charge in [0.2, 0.25) is 0 Å². The molecule has 0 aliphatic heterocycles. The van der Waals surface area contributed by atoms with Gasteiger partial charge in [0, 0.05) is 6.04 Å². The molecule has 7 heteroatoms. The molecule has 1 aliphatic rings. The van der Waals surface area contributed by atoms with Crippen molar-refractivity contribution >= 4 is 23.2 Å². The van der Waals surface area contributed by atoms with Gasteiger partial charge < -0.3 is 5.32 Å². The van der Waals surface area contributed by atoms with Crippen molar-refractivity contribution in [1.29, 1.82) is 0 Å². The van der Waals surface area contributed by atoms with Crippen LogP contribution in [0.1, 0.15) is 36.5 Å². The number of rotatable bonds is 4. The molecule has 0 bridgehead atoms. The number of nitrogens with one attached hydrogen (secondary N) is 1. The van der Waals surface area contributed by atoms with Crippen LogP contribution in [0.4, 0.5) is 5.69 Å². The van der Waals surface area contributed by atoms with Crippen LogP contribution in [-0.4, -0.2) is 21.9 Å². The predicted octanol–water partition coefficient (Wildman–Crippen LogP) is 2.56. The standard InChI is InChI=1S/C12H14ClN3O3/c1-7(8-3-2-4-8)15-12(17)9-5-11(13)14-6-10(9)16(18)19/h5-8H,2-4H2,1H3,(H,15,17). The Morgan fingerprint density at radius 1 is 1.63 bits per heavy atom. The zero-order valence-electron chi connectivity index (χ0n) is 10.4. The van der Waals surface area contributed by atoms with Crippen LogP contribution in [-0.2, 0) is 0 Å². The van der Waals surface area contributed by atoms with Crippen LogP contribution >= 0.6 is 11.6 Å². The van der Waals surface area contributed by atoms with E-state index in [0.29, 0.717) is 5.92 Å². The van der Waals surface area contributed by atoms with Crippen molar-refractivity contribution in [3.05, 3.63) is 33.1 Å². The first-order chi connectivity index (χ1) is 8.99. The fourth-order valence-corrected chi connectivity index (χ4v) is 2.25. The Morgan fingerprint density at radius 3 is 2.84 bits per heavy atom. The number of amides is 1. The average molecular weight is 284 g/mol. The van der Waals surface area contributed by atoms with E-state index in [-0.39, 0.29) is 22.4 Å². The summed E-state index contributed by atoms with van der Waals surface area (Å²) in [6, 6.07) is 1.23. The first-order valence-electron chi connectivity index (χ1n) is 6.10. The molecule has 1 heterocycles. The lowest BCUT2D eigenvalue weighted by atomic mass is 9.80. The summed E-state index contributed by atoms with van der Waals surface area (Å²) in [5.74, 6) is -0.0179. The molecule has 19 heavy (non-hydrogen) atoms. The van der Waals surface area contributed by atoms with E-state index in [4.69, 9.17) is 11.6 Å². The molecule has 102 valence electrons. The Morgan fingerprint density at radius 2 is 2.32 bits per heavy atom. The lowest BCUT2D eigenvalue weighted by molar-refractivity contribution is -0.385. The van der Waals surface area contributed by atoms with Crippen LogP contribution in [0.3, 0.4) is 0 Å². The summed E-state index contributed by atoms with van der Waals surface area (Å²) in [6.07, 6.45) is 4.35. The number of aromatic nitrogens is 1. The summed E-state index contributed by atoms with van der Waals surface area (Å²) in [4.78, 5) is 25.9. The maximum atomic E-state index is 12.1. The summed E-state index contributed by atoms with van der Waals surface area (Å²) in [6.45, 7) is 1.91. The van der Waals surface area contributed by atoms with Gasteiger partial charge in [-0.2, -0.15) is 0 Å². The van der Waals surface area contributed by atoms with Gasteiger partial charge in [0.25, 0.3) is 11.6 Å². The molecule has 1 aliphatic carbocycles. The third-order valence-electron chi connectivity index (χ3n) is 3.51. The number of pyridine rings is 1. The molecule has 0 radical (unpaired) electrons. The average Bonchev–Trinajstić information content (AvgIpc) is 2.25. The minimum Gasteiger partial charge on any atom is -0.349 e. The van der Waals surface area contributed by atoms with Gasteiger partial charge in [-0.15, -0.1) is 0 Å². The van der Waals surface area contributed by atoms with Crippen LogP contribution in [0.15, 0.2) is 12.3 Å². The van der Waals surface area contributed by atoms with Crippen LogP contribution in [0.25, 0.3) is 0 Å². The fourth-order valence-electron chi connectivity index (χ4n) is 2.09. The molecule has 0 saturated heterocycles. The van der Waals surface area contributed by atoms with E-state index in [2.05, 4.69) is 10.3 Å². The molecule has 0 aromatic carbocycles. The smallest absolute Gasteiger partial charge is 0.300 e. The van der Waals surface area contributed by atoms with Gasteiger partial charge in [-0.1, -0.05) is 18.0 Å². The topological polar surface area (TPSA) is 85.1 Å². The van der Waals surface area contributed by atoms with Crippen molar-refractivity contribution in [3.63, 3.8) is 0 Å². The van der Waals surface area contributed by atoms with E-state index in [1.165, 1.54) is 12.5 Å². The maximum absolute atomic E-state index is 12.1. The zero-order chi connectivity index (χ0) is 14.0. The fraction of sp³-hybridized carbons (Fsp3) is 0.500. The van der Waals surface area contributed by atoms with Crippen LogP contribution in [0.5, 0.6) is 0 Å². The molecular formula is C12H14ClN3O3. The van der Waals surface area contributed by atoms with Crippen molar-refractivity contribution in [2.75, 3.05) is 0 Å². The third kappa shape index (κ3) is 3.01. The Balaban J connectivity index is 2.17. The Hall–Kier alpha value is -1.69. The van der Waals surface area contributed by atoms with Crippen molar-refractivity contribution in [3.8, 4) is 0 Å². The number of carbonyl (C=O) groups excluding carboxylic acids is 1. The van der Waals surface area contributed by atoms with Crippen LogP contribution in [0.2, 0.25) is 5.15 Å². The number of carbonyl (C=O) groups is 1. The van der Waals surface area contributed by atoms with Gasteiger partial charge in [0.15, 0.2) is 0 Å². The van der Waals surface area contributed by atoms with Gasteiger partial charge >= 0.3 is 0 Å². The van der Waals surface area contributed by atoms with E-state index in [1.54, 1.807) is 0 Å². The van der Waals surface area contributed by atoms with Gasteiger partial charge in [-0.05, 0) is 31.7 Å². The molecule has 1 aromatic heterocycles. The highest BCUT2D eigenvalue weighted by atomic mass is 35.5. The summed E-state index contributed by atoms with van der Waals surface area (Å²) < 4.78 is 0. The van der Waals surface area contributed by atoms with Crippen molar-refractivity contribution in [2.24, 2.45) is 5.92 Å². The third-order valence-corrected chi connectivity index (χ3v) is 3.71. The van der Waals surface area contributed by atoms with E-state index < -0.39 is 10.8 Å². The van der Waals surface area contributed by atoms with E-state index >= 15 is 0 Å². The second-order valence-electron chi connectivity index (χ2n) is 4.73. The van der Waals surface area contributed by atoms with Crippen LogP contribution in [0, 0.1) is 16.0 Å². The molecule has 1 atom stereocenters. The Bertz CT molecular complexity index is 517. The van der Waals surface area contributed by atoms with Gasteiger partial charge in [0.1, 0.15) is 16.9 Å². The summed E-state index contributed by atoms with van der Waals surface area (Å²) >= 11 is 5.69. The second kappa shape index (κ2) is 5.52. The quantitative estimate of drug-likeness (QED) is 0.523. The van der Waals surface area contributed by atoms with Crippen molar-refractivity contribution in [1.82, 2.24) is 10.3 Å². The van der Waals surface area contributed by atoms with Crippen LogP contribution < -0.4 is 5.32 Å². The molecule has 6 nitrogen and oxygen atoms in total. The highest BCUT2D eigenvalue weighted by Gasteiger charge is 2.28. The van der Waals surface area contributed by atoms with Crippen molar-refractivity contribution < 1.29 is 9.72 Å². The highest BCUT2D eigenvalue weighted by molar-refractivity contribution is 6.29. The number of halogens is 1. The van der Waals surface area contributed by atoms with E-state index in [9.17, 15) is 14.9 Å². The first-order valence-corrected chi connectivity index (χ1v) is 6.47. The molecule has 1 N–H and O–H groups in total. The number of nitro groups is 1. The highest BCUT2D eigenvalue weighted by Crippen LogP contribution is 2.29. The predicted molar refractivity (Wildman–Crippen MR) is 70.2 cm³/mol. The van der Waals surface area contributed by atoms with Gasteiger partial charge in [-0.25, -0.2) is 4.98 Å². The molecule has 1 fully saturated rings. The SMILES string of the molecule is CC(NC(=O)c1cc(Cl)ncc1[N+](=O)[O-])C1CCC1. The largest absolute Gasteiger partial charge is 0.349 e. The monoisotopic (exact) mass is 283 g/mol. The summed E-state index contributed by atoms with van der Waals surface area (Å²) in [7, 11) is 0. The molecular weight excluding hydrogens is 270 g/mol. The van der Waals surface area contributed by atoms with Crippen molar-refractivity contribution in [2.45, 2.75) is 32.2 Å². The minimum absolute atomic E-state index is 0.00722. The summed E-state index contributed by atoms with van der Waals surface area (Å²) in [5, 5.41) is 13.7. The lowest BCUT2D eigenvalue weighted by Crippen LogP contribution is -2.40. The Kier molecular flexibility index (Phi) is 3.99. The van der Waals surface area contributed by atoms with E-state index in [1.807, 2.05) is 6.92 Å². The second-order valence-corrected chi connectivity index (χ2v) is 5.12. The molecule has 1 amide bonds. The number of hydrogen-bond acceptors (Lipinski definition) is 4. The van der Waals surface area contributed by atoms with E-state index in [0.717, 1.165) is 19.0 Å². The molecule has 1 aromatic rings. The molecule has 0 spiro atoms. The minimum atomic E-state index is -0.633.